The van der Waals surface area contributed by atoms with Crippen molar-refractivity contribution in [1.29, 1.82) is 0 Å². The van der Waals surface area contributed by atoms with Gasteiger partial charge in [0.25, 0.3) is 5.91 Å². The van der Waals surface area contributed by atoms with E-state index >= 15 is 0 Å². The standard InChI is InChI=1S/C15H22N2O4S/c1-2-11-5-6-14(21-11)15(18)16-12-9-22(19,20)10-13(12)17-7-3-4-8-17/h5-6,12-13H,2-4,7-10H2,1H3,(H,16,18)/t12-,13+/m1/s1. The Morgan fingerprint density at radius 2 is 2.05 bits per heavy atom. The number of likely N-dealkylation sites (tertiary alicyclic amines) is 1. The summed E-state index contributed by atoms with van der Waals surface area (Å²) in [6.45, 7) is 3.77. The molecule has 0 aromatic carbocycles. The molecule has 1 N–H and O–H groups in total. The van der Waals surface area contributed by atoms with Crippen LogP contribution in [0.25, 0.3) is 0 Å². The highest BCUT2D eigenvalue weighted by Gasteiger charge is 2.42. The Hall–Kier alpha value is -1.34. The van der Waals surface area contributed by atoms with Gasteiger partial charge in [0.2, 0.25) is 0 Å². The number of aryl methyl sites for hydroxylation is 1. The summed E-state index contributed by atoms with van der Waals surface area (Å²) in [5, 5.41) is 2.86. The number of hydrogen-bond acceptors (Lipinski definition) is 5. The van der Waals surface area contributed by atoms with Gasteiger partial charge in [-0.1, -0.05) is 6.92 Å². The topological polar surface area (TPSA) is 79.6 Å². The summed E-state index contributed by atoms with van der Waals surface area (Å²) in [6.07, 6.45) is 2.91. The maximum atomic E-state index is 12.3. The smallest absolute Gasteiger partial charge is 0.287 e. The lowest BCUT2D eigenvalue weighted by Crippen LogP contribution is -2.50. The summed E-state index contributed by atoms with van der Waals surface area (Å²) in [5.41, 5.74) is 0. The number of carbonyl (C=O) groups excluding carboxylic acids is 1. The van der Waals surface area contributed by atoms with Crippen LogP contribution in [0.4, 0.5) is 0 Å². The predicted molar refractivity (Wildman–Crippen MR) is 82.6 cm³/mol. The highest BCUT2D eigenvalue weighted by Crippen LogP contribution is 2.23. The van der Waals surface area contributed by atoms with Crippen LogP contribution in [0.3, 0.4) is 0 Å². The third kappa shape index (κ3) is 3.20. The van der Waals surface area contributed by atoms with Gasteiger partial charge < -0.3 is 9.73 Å². The lowest BCUT2D eigenvalue weighted by atomic mass is 10.1. The molecule has 0 unspecified atom stereocenters. The molecular weight excluding hydrogens is 304 g/mol. The maximum Gasteiger partial charge on any atom is 0.287 e. The monoisotopic (exact) mass is 326 g/mol. The van der Waals surface area contributed by atoms with Crippen molar-refractivity contribution in [2.24, 2.45) is 0 Å². The van der Waals surface area contributed by atoms with Gasteiger partial charge in [0.1, 0.15) is 5.76 Å². The summed E-state index contributed by atoms with van der Waals surface area (Å²) in [7, 11) is -3.10. The maximum absolute atomic E-state index is 12.3. The van der Waals surface area contributed by atoms with Crippen LogP contribution in [0, 0.1) is 0 Å². The van der Waals surface area contributed by atoms with E-state index in [-0.39, 0.29) is 35.3 Å². The van der Waals surface area contributed by atoms with E-state index in [1.54, 1.807) is 12.1 Å². The van der Waals surface area contributed by atoms with E-state index in [2.05, 4.69) is 10.2 Å². The van der Waals surface area contributed by atoms with E-state index in [1.807, 2.05) is 6.92 Å². The molecule has 3 heterocycles. The highest BCUT2D eigenvalue weighted by atomic mass is 32.2. The first-order chi connectivity index (χ1) is 10.5. The fourth-order valence-corrected chi connectivity index (χ4v) is 5.28. The zero-order chi connectivity index (χ0) is 15.7. The first kappa shape index (κ1) is 15.6. The summed E-state index contributed by atoms with van der Waals surface area (Å²) in [4.78, 5) is 14.5. The zero-order valence-electron chi connectivity index (χ0n) is 12.7. The normalized spacial score (nSPS) is 28.0. The molecule has 3 rings (SSSR count). The van der Waals surface area contributed by atoms with Crippen LogP contribution in [-0.2, 0) is 16.3 Å². The minimum Gasteiger partial charge on any atom is -0.456 e. The Morgan fingerprint density at radius 3 is 2.68 bits per heavy atom. The van der Waals surface area contributed by atoms with Crippen LogP contribution in [0.2, 0.25) is 0 Å². The van der Waals surface area contributed by atoms with Crippen LogP contribution in [0.1, 0.15) is 36.1 Å². The van der Waals surface area contributed by atoms with Crippen molar-refractivity contribution in [3.05, 3.63) is 23.7 Å². The number of hydrogen-bond donors (Lipinski definition) is 1. The summed E-state index contributed by atoms with van der Waals surface area (Å²) < 4.78 is 29.4. The van der Waals surface area contributed by atoms with Crippen molar-refractivity contribution < 1.29 is 17.6 Å². The molecule has 7 heteroatoms. The van der Waals surface area contributed by atoms with Crippen LogP contribution >= 0.6 is 0 Å². The molecule has 2 saturated heterocycles. The molecular formula is C15H22N2O4S. The number of nitrogens with one attached hydrogen (secondary N) is 1. The summed E-state index contributed by atoms with van der Waals surface area (Å²) >= 11 is 0. The second-order valence-electron chi connectivity index (χ2n) is 6.09. The van der Waals surface area contributed by atoms with Gasteiger partial charge in [-0.2, -0.15) is 0 Å². The molecule has 0 spiro atoms. The Bertz CT molecular complexity index is 646. The molecule has 1 aromatic heterocycles. The van der Waals surface area contributed by atoms with Gasteiger partial charge in [-0.15, -0.1) is 0 Å². The van der Waals surface area contributed by atoms with Crippen LogP contribution in [0.15, 0.2) is 16.5 Å². The van der Waals surface area contributed by atoms with Crippen molar-refractivity contribution in [3.8, 4) is 0 Å². The molecule has 1 aromatic rings. The molecule has 22 heavy (non-hydrogen) atoms. The van der Waals surface area contributed by atoms with E-state index in [9.17, 15) is 13.2 Å². The summed E-state index contributed by atoms with van der Waals surface area (Å²) in [6, 6.07) is 2.95. The van der Waals surface area contributed by atoms with Gasteiger partial charge >= 0.3 is 0 Å². The Balaban J connectivity index is 1.72. The number of sulfone groups is 1. The average molecular weight is 326 g/mol. The fraction of sp³-hybridized carbons (Fsp3) is 0.667. The van der Waals surface area contributed by atoms with Gasteiger partial charge in [-0.3, -0.25) is 9.69 Å². The lowest BCUT2D eigenvalue weighted by molar-refractivity contribution is 0.0889. The van der Waals surface area contributed by atoms with Crippen molar-refractivity contribution >= 4 is 15.7 Å². The highest BCUT2D eigenvalue weighted by molar-refractivity contribution is 7.91. The fourth-order valence-electron chi connectivity index (χ4n) is 3.33. The Labute approximate surface area is 130 Å². The van der Waals surface area contributed by atoms with Crippen LogP contribution in [-0.4, -0.2) is 55.9 Å². The van der Waals surface area contributed by atoms with E-state index < -0.39 is 9.84 Å². The lowest BCUT2D eigenvalue weighted by Gasteiger charge is -2.28. The largest absolute Gasteiger partial charge is 0.456 e. The van der Waals surface area contributed by atoms with E-state index in [0.717, 1.165) is 38.1 Å². The van der Waals surface area contributed by atoms with Crippen molar-refractivity contribution in [3.63, 3.8) is 0 Å². The molecule has 2 atom stereocenters. The van der Waals surface area contributed by atoms with Crippen molar-refractivity contribution in [1.82, 2.24) is 10.2 Å². The van der Waals surface area contributed by atoms with Gasteiger partial charge in [-0.05, 0) is 38.1 Å². The van der Waals surface area contributed by atoms with Gasteiger partial charge in [-0.25, -0.2) is 8.42 Å². The number of nitrogens with zero attached hydrogens (tertiary/aromatic N) is 1. The third-order valence-corrected chi connectivity index (χ3v) is 6.20. The zero-order valence-corrected chi connectivity index (χ0v) is 13.6. The number of amides is 1. The van der Waals surface area contributed by atoms with Gasteiger partial charge in [0.15, 0.2) is 15.6 Å². The minimum atomic E-state index is -3.10. The average Bonchev–Trinajstić information content (AvgIpc) is 3.17. The van der Waals surface area contributed by atoms with Crippen LogP contribution < -0.4 is 5.32 Å². The SMILES string of the molecule is CCc1ccc(C(=O)N[C@@H]2CS(=O)(=O)C[C@@H]2N2CCCC2)o1. The van der Waals surface area contributed by atoms with E-state index in [0.29, 0.717) is 0 Å². The second kappa shape index (κ2) is 6.04. The van der Waals surface area contributed by atoms with Crippen molar-refractivity contribution in [2.75, 3.05) is 24.6 Å². The Kier molecular flexibility index (Phi) is 4.27. The van der Waals surface area contributed by atoms with E-state index in [4.69, 9.17) is 4.42 Å². The van der Waals surface area contributed by atoms with Gasteiger partial charge in [0, 0.05) is 12.5 Å². The first-order valence-electron chi connectivity index (χ1n) is 7.82. The molecule has 2 aliphatic rings. The number of furan rings is 1. The number of carbonyl (C=O) groups is 1. The molecule has 0 saturated carbocycles. The quantitative estimate of drug-likeness (QED) is 0.887. The van der Waals surface area contributed by atoms with Crippen molar-refractivity contribution in [2.45, 2.75) is 38.3 Å². The summed E-state index contributed by atoms with van der Waals surface area (Å²) in [5.74, 6) is 0.824. The van der Waals surface area contributed by atoms with Gasteiger partial charge in [0.05, 0.1) is 17.5 Å². The number of rotatable bonds is 4. The molecule has 6 nitrogen and oxygen atoms in total. The van der Waals surface area contributed by atoms with Crippen LogP contribution in [0.5, 0.6) is 0 Å². The second-order valence-corrected chi connectivity index (χ2v) is 8.24. The molecule has 0 radical (unpaired) electrons. The molecule has 2 aliphatic heterocycles. The molecule has 0 bridgehead atoms. The Morgan fingerprint density at radius 1 is 1.32 bits per heavy atom. The molecule has 2 fully saturated rings. The minimum absolute atomic E-state index is 0.0151. The first-order valence-corrected chi connectivity index (χ1v) is 9.64. The van der Waals surface area contributed by atoms with E-state index in [1.165, 1.54) is 0 Å². The third-order valence-electron chi connectivity index (χ3n) is 4.48. The molecule has 1 amide bonds. The molecule has 0 aliphatic carbocycles. The molecule has 122 valence electrons. The predicted octanol–water partition coefficient (Wildman–Crippen LogP) is 0.833.